The van der Waals surface area contributed by atoms with Crippen LogP contribution >= 0.6 is 0 Å². The summed E-state index contributed by atoms with van der Waals surface area (Å²) in [4.78, 5) is 42.7. The Morgan fingerprint density at radius 3 is 2.72 bits per heavy atom. The minimum Gasteiger partial charge on any atom is -0.493 e. The highest BCUT2D eigenvalue weighted by Gasteiger charge is 2.51. The van der Waals surface area contributed by atoms with Crippen molar-refractivity contribution < 1.29 is 34.1 Å². The second kappa shape index (κ2) is 10.9. The summed E-state index contributed by atoms with van der Waals surface area (Å²) in [5, 5.41) is 24.6. The summed E-state index contributed by atoms with van der Waals surface area (Å²) in [7, 11) is 1.45. The van der Waals surface area contributed by atoms with Gasteiger partial charge in [0.25, 0.3) is 0 Å². The standard InChI is InChI=1S/C29H31N3O7/c1-16(35)32(9-7-19-13-18-5-3-4-6-22(18)31-19)23-14-21(29(37)30-8-10-33)25-20-11-17(15-34)12-24(38-2)27(20)39-28(25)26(23)36/h3-6,11-15,23,25-26,28,31,33,36H,7-10H2,1-2H3,(H,30,37)/t23-,25+,26+,28+/m1/s1. The molecule has 1 aliphatic carbocycles. The molecule has 0 bridgehead atoms. The molecule has 0 saturated heterocycles. The van der Waals surface area contributed by atoms with Gasteiger partial charge in [0, 0.05) is 54.3 Å². The van der Waals surface area contributed by atoms with E-state index < -0.39 is 30.1 Å². The molecule has 2 aromatic carbocycles. The molecule has 2 aliphatic rings. The smallest absolute Gasteiger partial charge is 0.247 e. The zero-order chi connectivity index (χ0) is 27.7. The van der Waals surface area contributed by atoms with Crippen LogP contribution in [0.2, 0.25) is 0 Å². The van der Waals surface area contributed by atoms with Crippen LogP contribution in [-0.2, 0) is 16.0 Å². The summed E-state index contributed by atoms with van der Waals surface area (Å²) >= 11 is 0. The molecule has 2 heterocycles. The fourth-order valence-corrected chi connectivity index (χ4v) is 5.58. The summed E-state index contributed by atoms with van der Waals surface area (Å²) in [5.74, 6) is -0.782. The fourth-order valence-electron chi connectivity index (χ4n) is 5.58. The summed E-state index contributed by atoms with van der Waals surface area (Å²) < 4.78 is 11.6. The van der Waals surface area contributed by atoms with Crippen LogP contribution in [0.5, 0.6) is 11.5 Å². The molecule has 204 valence electrons. The highest BCUT2D eigenvalue weighted by Crippen LogP contribution is 2.51. The third kappa shape index (κ3) is 4.88. The number of aromatic amines is 1. The maximum atomic E-state index is 13.3. The average molecular weight is 534 g/mol. The molecule has 39 heavy (non-hydrogen) atoms. The average Bonchev–Trinajstić information content (AvgIpc) is 3.54. The minimum atomic E-state index is -1.17. The molecule has 0 spiro atoms. The number of amides is 2. The molecule has 0 radical (unpaired) electrons. The number of aromatic nitrogens is 1. The molecule has 0 unspecified atom stereocenters. The number of fused-ring (bicyclic) bond motifs is 4. The zero-order valence-electron chi connectivity index (χ0n) is 21.7. The summed E-state index contributed by atoms with van der Waals surface area (Å²) in [5.41, 5.74) is 3.09. The van der Waals surface area contributed by atoms with Gasteiger partial charge in [-0.1, -0.05) is 18.2 Å². The van der Waals surface area contributed by atoms with Gasteiger partial charge in [-0.2, -0.15) is 0 Å². The number of benzene rings is 2. The largest absolute Gasteiger partial charge is 0.493 e. The Balaban J connectivity index is 1.51. The van der Waals surface area contributed by atoms with E-state index in [-0.39, 0.29) is 31.2 Å². The number of aldehydes is 1. The Kier molecular flexibility index (Phi) is 7.40. The lowest BCUT2D eigenvalue weighted by Crippen LogP contribution is -2.55. The normalized spacial score (nSPS) is 21.4. The van der Waals surface area contributed by atoms with Crippen molar-refractivity contribution in [2.24, 2.45) is 0 Å². The van der Waals surface area contributed by atoms with Crippen LogP contribution in [0.15, 0.2) is 54.1 Å². The SMILES string of the molecule is COc1cc(C=O)cc2c1O[C@@H]1[C@@H](O)[C@H](N(CCc3cc4ccccc4[nH]3)C(C)=O)C=C(C(=O)NCCO)[C@H]21. The molecule has 10 heteroatoms. The van der Waals surface area contributed by atoms with Crippen LogP contribution in [0, 0.1) is 0 Å². The van der Waals surface area contributed by atoms with Crippen LogP contribution < -0.4 is 14.8 Å². The van der Waals surface area contributed by atoms with Crippen molar-refractivity contribution in [2.75, 3.05) is 26.8 Å². The summed E-state index contributed by atoms with van der Waals surface area (Å²) in [6, 6.07) is 12.2. The number of methoxy groups -OCH3 is 1. The highest BCUT2D eigenvalue weighted by atomic mass is 16.5. The quantitative estimate of drug-likeness (QED) is 0.307. The minimum absolute atomic E-state index is 0.0308. The lowest BCUT2D eigenvalue weighted by Gasteiger charge is -2.40. The Hall–Kier alpha value is -4.15. The number of hydrogen-bond acceptors (Lipinski definition) is 7. The molecular formula is C29H31N3O7. The van der Waals surface area contributed by atoms with Crippen molar-refractivity contribution in [1.29, 1.82) is 0 Å². The number of carbonyl (C=O) groups excluding carboxylic acids is 3. The number of hydrogen-bond donors (Lipinski definition) is 4. The summed E-state index contributed by atoms with van der Waals surface area (Å²) in [6.45, 7) is 1.49. The van der Waals surface area contributed by atoms with Crippen molar-refractivity contribution in [2.45, 2.75) is 37.5 Å². The lowest BCUT2D eigenvalue weighted by atomic mass is 9.77. The fraction of sp³-hybridized carbons (Fsp3) is 0.345. The van der Waals surface area contributed by atoms with Crippen molar-refractivity contribution in [3.8, 4) is 11.5 Å². The maximum absolute atomic E-state index is 13.3. The number of aliphatic hydroxyl groups excluding tert-OH is 2. The second-order valence-electron chi connectivity index (χ2n) is 9.75. The van der Waals surface area contributed by atoms with E-state index in [1.807, 2.05) is 30.3 Å². The first-order valence-corrected chi connectivity index (χ1v) is 12.8. The zero-order valence-corrected chi connectivity index (χ0v) is 21.7. The van der Waals surface area contributed by atoms with Gasteiger partial charge in [-0.15, -0.1) is 0 Å². The van der Waals surface area contributed by atoms with E-state index in [0.29, 0.717) is 35.3 Å². The predicted octanol–water partition coefficient (Wildman–Crippen LogP) is 1.70. The molecule has 10 nitrogen and oxygen atoms in total. The number of nitrogens with zero attached hydrogens (tertiary/aromatic N) is 1. The number of carbonyl (C=O) groups is 3. The maximum Gasteiger partial charge on any atom is 0.247 e. The van der Waals surface area contributed by atoms with Crippen LogP contribution in [0.25, 0.3) is 10.9 Å². The molecule has 4 atom stereocenters. The molecule has 5 rings (SSSR count). The Morgan fingerprint density at radius 1 is 1.23 bits per heavy atom. The van der Waals surface area contributed by atoms with Crippen LogP contribution in [0.3, 0.4) is 0 Å². The van der Waals surface area contributed by atoms with E-state index >= 15 is 0 Å². The molecular weight excluding hydrogens is 502 g/mol. The third-order valence-electron chi connectivity index (χ3n) is 7.38. The second-order valence-corrected chi connectivity index (χ2v) is 9.75. The van der Waals surface area contributed by atoms with Gasteiger partial charge in [-0.05, 0) is 35.7 Å². The Morgan fingerprint density at radius 2 is 2.03 bits per heavy atom. The number of aliphatic hydroxyl groups is 2. The van der Waals surface area contributed by atoms with E-state index in [9.17, 15) is 24.6 Å². The van der Waals surface area contributed by atoms with Gasteiger partial charge >= 0.3 is 0 Å². The van der Waals surface area contributed by atoms with Gasteiger partial charge < -0.3 is 34.9 Å². The van der Waals surface area contributed by atoms with E-state index in [4.69, 9.17) is 9.47 Å². The molecule has 0 fully saturated rings. The summed E-state index contributed by atoms with van der Waals surface area (Å²) in [6.07, 6.45) is 0.699. The van der Waals surface area contributed by atoms with Gasteiger partial charge in [-0.3, -0.25) is 14.4 Å². The first-order valence-electron chi connectivity index (χ1n) is 12.8. The van der Waals surface area contributed by atoms with E-state index in [0.717, 1.165) is 16.6 Å². The highest BCUT2D eigenvalue weighted by molar-refractivity contribution is 5.96. The van der Waals surface area contributed by atoms with Crippen molar-refractivity contribution in [1.82, 2.24) is 15.2 Å². The number of nitrogens with one attached hydrogen (secondary N) is 2. The third-order valence-corrected chi connectivity index (χ3v) is 7.38. The predicted molar refractivity (Wildman–Crippen MR) is 143 cm³/mol. The van der Waals surface area contributed by atoms with Gasteiger partial charge in [0.05, 0.1) is 25.7 Å². The number of para-hydroxylation sites is 1. The Labute approximate surface area is 225 Å². The molecule has 3 aromatic rings. The topological polar surface area (TPSA) is 141 Å². The molecule has 4 N–H and O–H groups in total. The molecule has 0 saturated carbocycles. The monoisotopic (exact) mass is 533 g/mol. The first kappa shape index (κ1) is 26.5. The van der Waals surface area contributed by atoms with Gasteiger partial charge in [0.1, 0.15) is 18.5 Å². The van der Waals surface area contributed by atoms with Crippen molar-refractivity contribution in [3.63, 3.8) is 0 Å². The first-order chi connectivity index (χ1) is 18.9. The number of ether oxygens (including phenoxy) is 2. The molecule has 1 aliphatic heterocycles. The molecule has 1 aromatic heterocycles. The van der Waals surface area contributed by atoms with E-state index in [2.05, 4.69) is 10.3 Å². The lowest BCUT2D eigenvalue weighted by molar-refractivity contribution is -0.134. The van der Waals surface area contributed by atoms with E-state index in [1.165, 1.54) is 25.0 Å². The van der Waals surface area contributed by atoms with Crippen LogP contribution in [0.4, 0.5) is 0 Å². The molecule has 2 amide bonds. The van der Waals surface area contributed by atoms with Gasteiger partial charge in [-0.25, -0.2) is 0 Å². The van der Waals surface area contributed by atoms with Crippen molar-refractivity contribution in [3.05, 3.63) is 70.9 Å². The van der Waals surface area contributed by atoms with Gasteiger partial charge in [0.2, 0.25) is 11.8 Å². The number of rotatable bonds is 9. The number of H-pyrrole nitrogens is 1. The van der Waals surface area contributed by atoms with Gasteiger partial charge in [0.15, 0.2) is 11.5 Å². The Bertz CT molecular complexity index is 1410. The van der Waals surface area contributed by atoms with Crippen LogP contribution in [-0.4, -0.2) is 83.3 Å². The van der Waals surface area contributed by atoms with E-state index in [1.54, 1.807) is 12.1 Å². The van der Waals surface area contributed by atoms with Crippen LogP contribution in [0.1, 0.15) is 34.5 Å². The van der Waals surface area contributed by atoms with Crippen molar-refractivity contribution >= 4 is 29.0 Å².